The van der Waals surface area contributed by atoms with Crippen molar-refractivity contribution in [2.75, 3.05) is 0 Å². The second-order valence-electron chi connectivity index (χ2n) is 5.73. The summed E-state index contributed by atoms with van der Waals surface area (Å²) in [5.41, 5.74) is 0. The molecule has 0 bridgehead atoms. The lowest BCUT2D eigenvalue weighted by atomic mass is 10.1. The molecule has 1 saturated carbocycles. The van der Waals surface area contributed by atoms with Gasteiger partial charge in [-0.25, -0.2) is 0 Å². The van der Waals surface area contributed by atoms with Gasteiger partial charge in [0, 0.05) is 12.5 Å². The van der Waals surface area contributed by atoms with Crippen LogP contribution in [0.1, 0.15) is 65.2 Å². The second-order valence-corrected chi connectivity index (χ2v) is 5.73. The largest absolute Gasteiger partial charge is 0.481 e. The fraction of sp³-hybridized carbons (Fsp3) is 0.867. The molecule has 0 aliphatic heterocycles. The molecule has 20 heavy (non-hydrogen) atoms. The Labute approximate surface area is 121 Å². The topological polar surface area (TPSA) is 75.6 Å². The smallest absolute Gasteiger partial charge is 0.303 e. The normalized spacial score (nSPS) is 19.9. The summed E-state index contributed by atoms with van der Waals surface area (Å²) < 4.78 is 5.83. The molecule has 1 rings (SSSR count). The van der Waals surface area contributed by atoms with Crippen LogP contribution in [0.4, 0.5) is 0 Å². The highest BCUT2D eigenvalue weighted by atomic mass is 16.5. The molecule has 0 heterocycles. The van der Waals surface area contributed by atoms with Gasteiger partial charge in [0.2, 0.25) is 5.91 Å². The number of carboxylic acids is 1. The highest BCUT2D eigenvalue weighted by molar-refractivity contribution is 5.80. The van der Waals surface area contributed by atoms with Crippen LogP contribution in [0.5, 0.6) is 0 Å². The van der Waals surface area contributed by atoms with Crippen LogP contribution in [0.2, 0.25) is 0 Å². The molecular formula is C15H27NO4. The second kappa shape index (κ2) is 8.95. The highest BCUT2D eigenvalue weighted by Gasteiger charge is 2.21. The van der Waals surface area contributed by atoms with E-state index in [0.29, 0.717) is 6.42 Å². The van der Waals surface area contributed by atoms with Crippen molar-refractivity contribution < 1.29 is 19.4 Å². The van der Waals surface area contributed by atoms with Crippen LogP contribution in [0, 0.1) is 0 Å². The molecular weight excluding hydrogens is 258 g/mol. The Morgan fingerprint density at radius 3 is 2.35 bits per heavy atom. The third kappa shape index (κ3) is 6.89. The van der Waals surface area contributed by atoms with Crippen LogP contribution in [-0.2, 0) is 14.3 Å². The van der Waals surface area contributed by atoms with Crippen molar-refractivity contribution in [1.82, 2.24) is 5.32 Å². The SMILES string of the molecule is CC(CCC(=O)O)NC(=O)C(C)OC1CCCCCC1. The summed E-state index contributed by atoms with van der Waals surface area (Å²) in [6.07, 6.45) is 7.16. The average Bonchev–Trinajstić information content (AvgIpc) is 2.64. The predicted octanol–water partition coefficient (Wildman–Crippen LogP) is 2.48. The molecule has 0 radical (unpaired) electrons. The van der Waals surface area contributed by atoms with E-state index in [4.69, 9.17) is 9.84 Å². The fourth-order valence-electron chi connectivity index (χ4n) is 2.50. The molecule has 2 atom stereocenters. The van der Waals surface area contributed by atoms with Gasteiger partial charge < -0.3 is 15.2 Å². The number of hydrogen-bond donors (Lipinski definition) is 2. The molecule has 5 nitrogen and oxygen atoms in total. The van der Waals surface area contributed by atoms with Crippen LogP contribution >= 0.6 is 0 Å². The van der Waals surface area contributed by atoms with Crippen molar-refractivity contribution in [3.8, 4) is 0 Å². The fourth-order valence-corrected chi connectivity index (χ4v) is 2.50. The van der Waals surface area contributed by atoms with E-state index in [0.717, 1.165) is 12.8 Å². The van der Waals surface area contributed by atoms with Crippen molar-refractivity contribution in [2.45, 2.75) is 83.5 Å². The van der Waals surface area contributed by atoms with Gasteiger partial charge in [0.05, 0.1) is 6.10 Å². The zero-order valence-corrected chi connectivity index (χ0v) is 12.6. The van der Waals surface area contributed by atoms with Gasteiger partial charge in [0.1, 0.15) is 6.10 Å². The zero-order valence-electron chi connectivity index (χ0n) is 12.6. The Bertz CT molecular complexity index is 311. The summed E-state index contributed by atoms with van der Waals surface area (Å²) in [6, 6.07) is -0.140. The first-order valence-corrected chi connectivity index (χ1v) is 7.66. The molecule has 0 saturated heterocycles. The first kappa shape index (κ1) is 17.0. The van der Waals surface area contributed by atoms with Crippen molar-refractivity contribution in [3.05, 3.63) is 0 Å². The maximum Gasteiger partial charge on any atom is 0.303 e. The maximum absolute atomic E-state index is 12.0. The molecule has 0 aromatic carbocycles. The Hall–Kier alpha value is -1.10. The third-order valence-electron chi connectivity index (χ3n) is 3.75. The Balaban J connectivity index is 2.28. The minimum absolute atomic E-state index is 0.0688. The minimum Gasteiger partial charge on any atom is -0.481 e. The van der Waals surface area contributed by atoms with Gasteiger partial charge in [-0.15, -0.1) is 0 Å². The molecule has 1 fully saturated rings. The van der Waals surface area contributed by atoms with Gasteiger partial charge in [-0.2, -0.15) is 0 Å². The predicted molar refractivity (Wildman–Crippen MR) is 76.5 cm³/mol. The number of nitrogens with one attached hydrogen (secondary N) is 1. The summed E-state index contributed by atoms with van der Waals surface area (Å²) in [7, 11) is 0. The molecule has 1 aliphatic carbocycles. The number of carbonyl (C=O) groups excluding carboxylic acids is 1. The molecule has 2 unspecified atom stereocenters. The number of carbonyl (C=O) groups is 2. The van der Waals surface area contributed by atoms with Crippen molar-refractivity contribution in [2.24, 2.45) is 0 Å². The quantitative estimate of drug-likeness (QED) is 0.705. The van der Waals surface area contributed by atoms with Crippen molar-refractivity contribution in [3.63, 3.8) is 0 Å². The Morgan fingerprint density at radius 1 is 1.20 bits per heavy atom. The molecule has 0 aromatic rings. The molecule has 5 heteroatoms. The Morgan fingerprint density at radius 2 is 1.80 bits per heavy atom. The number of ether oxygens (including phenoxy) is 1. The van der Waals surface area contributed by atoms with Gasteiger partial charge in [0.15, 0.2) is 0 Å². The summed E-state index contributed by atoms with van der Waals surface area (Å²) >= 11 is 0. The lowest BCUT2D eigenvalue weighted by Crippen LogP contribution is -2.41. The lowest BCUT2D eigenvalue weighted by Gasteiger charge is -2.22. The zero-order chi connectivity index (χ0) is 15.0. The summed E-state index contributed by atoms with van der Waals surface area (Å²) in [5, 5.41) is 11.4. The first-order valence-electron chi connectivity index (χ1n) is 7.66. The van der Waals surface area contributed by atoms with Gasteiger partial charge in [-0.1, -0.05) is 25.7 Å². The van der Waals surface area contributed by atoms with Crippen LogP contribution in [0.15, 0.2) is 0 Å². The van der Waals surface area contributed by atoms with Crippen LogP contribution < -0.4 is 5.32 Å². The van der Waals surface area contributed by atoms with E-state index >= 15 is 0 Å². The number of carboxylic acid groups (broad SMARTS) is 1. The molecule has 116 valence electrons. The van der Waals surface area contributed by atoms with Crippen molar-refractivity contribution in [1.29, 1.82) is 0 Å². The van der Waals surface area contributed by atoms with E-state index in [2.05, 4.69) is 5.32 Å². The number of hydrogen-bond acceptors (Lipinski definition) is 3. The van der Waals surface area contributed by atoms with E-state index in [-0.39, 0.29) is 24.5 Å². The van der Waals surface area contributed by atoms with E-state index in [1.807, 2.05) is 6.92 Å². The molecule has 1 aliphatic rings. The third-order valence-corrected chi connectivity index (χ3v) is 3.75. The van der Waals surface area contributed by atoms with E-state index in [1.54, 1.807) is 6.92 Å². The summed E-state index contributed by atoms with van der Waals surface area (Å²) in [4.78, 5) is 22.5. The molecule has 2 N–H and O–H groups in total. The van der Waals surface area contributed by atoms with Crippen LogP contribution in [0.3, 0.4) is 0 Å². The van der Waals surface area contributed by atoms with Crippen molar-refractivity contribution >= 4 is 11.9 Å². The van der Waals surface area contributed by atoms with Crippen LogP contribution in [-0.4, -0.2) is 35.2 Å². The summed E-state index contributed by atoms with van der Waals surface area (Å²) in [6.45, 7) is 3.59. The Kier molecular flexibility index (Phi) is 7.59. The van der Waals surface area contributed by atoms with E-state index < -0.39 is 12.1 Å². The standard InChI is InChI=1S/C15H27NO4/c1-11(9-10-14(17)18)16-15(19)12(2)20-13-7-5-3-4-6-8-13/h11-13H,3-10H2,1-2H3,(H,16,19)(H,17,18). The lowest BCUT2D eigenvalue weighted by molar-refractivity contribution is -0.139. The monoisotopic (exact) mass is 285 g/mol. The molecule has 0 aromatic heterocycles. The van der Waals surface area contributed by atoms with Crippen LogP contribution in [0.25, 0.3) is 0 Å². The average molecular weight is 285 g/mol. The highest BCUT2D eigenvalue weighted by Crippen LogP contribution is 2.20. The van der Waals surface area contributed by atoms with Gasteiger partial charge in [-0.05, 0) is 33.1 Å². The maximum atomic E-state index is 12.0. The number of amides is 1. The number of rotatable bonds is 7. The number of aliphatic carboxylic acids is 1. The van der Waals surface area contributed by atoms with Gasteiger partial charge in [-0.3, -0.25) is 9.59 Å². The van der Waals surface area contributed by atoms with E-state index in [1.165, 1.54) is 25.7 Å². The first-order chi connectivity index (χ1) is 9.49. The van der Waals surface area contributed by atoms with Gasteiger partial charge >= 0.3 is 5.97 Å². The van der Waals surface area contributed by atoms with E-state index in [9.17, 15) is 9.59 Å². The molecule has 0 spiro atoms. The minimum atomic E-state index is -0.839. The van der Waals surface area contributed by atoms with Gasteiger partial charge in [0.25, 0.3) is 0 Å². The molecule has 1 amide bonds. The summed E-state index contributed by atoms with van der Waals surface area (Å²) in [5.74, 6) is -0.985.